The third-order valence-electron chi connectivity index (χ3n) is 3.43. The lowest BCUT2D eigenvalue weighted by molar-refractivity contribution is 0.0657. The number of ether oxygens (including phenoxy) is 3. The summed E-state index contributed by atoms with van der Waals surface area (Å²) >= 11 is 0. The molecule has 1 aliphatic heterocycles. The van der Waals surface area contributed by atoms with Crippen molar-refractivity contribution < 1.29 is 19.0 Å². The topological polar surface area (TPSA) is 56.8 Å². The number of hydrogen-bond donors (Lipinski definition) is 1. The lowest BCUT2D eigenvalue weighted by Gasteiger charge is -2.09. The van der Waals surface area contributed by atoms with Gasteiger partial charge in [0, 0.05) is 17.3 Å². The fourth-order valence-corrected chi connectivity index (χ4v) is 2.19. The van der Waals surface area contributed by atoms with Gasteiger partial charge in [-0.25, -0.2) is 0 Å². The molecule has 0 unspecified atom stereocenters. The molecule has 1 amide bonds. The first-order valence-electron chi connectivity index (χ1n) is 7.53. The maximum absolute atomic E-state index is 12.3. The van der Waals surface area contributed by atoms with Crippen molar-refractivity contribution >= 4 is 11.6 Å². The zero-order valence-electron chi connectivity index (χ0n) is 13.2. The van der Waals surface area contributed by atoms with E-state index in [1.165, 1.54) is 0 Å². The van der Waals surface area contributed by atoms with Gasteiger partial charge in [0.15, 0.2) is 11.5 Å². The van der Waals surface area contributed by atoms with Crippen LogP contribution in [0.25, 0.3) is 0 Å². The largest absolute Gasteiger partial charge is 0.454 e. The van der Waals surface area contributed by atoms with Crippen molar-refractivity contribution in [2.45, 2.75) is 26.6 Å². The molecule has 23 heavy (non-hydrogen) atoms. The summed E-state index contributed by atoms with van der Waals surface area (Å²) in [5, 5.41) is 2.85. The van der Waals surface area contributed by atoms with Crippen LogP contribution in [0.4, 0.5) is 5.69 Å². The summed E-state index contributed by atoms with van der Waals surface area (Å²) in [7, 11) is 0. The Bertz CT molecular complexity index is 695. The van der Waals surface area contributed by atoms with Gasteiger partial charge < -0.3 is 19.5 Å². The standard InChI is InChI=1S/C18H19NO4/c1-12(2)21-10-13-3-5-14(6-4-13)18(20)19-15-7-8-16-17(9-15)23-11-22-16/h3-9,12H,10-11H2,1-2H3,(H,19,20). The normalized spacial score (nSPS) is 12.5. The van der Waals surface area contributed by atoms with Gasteiger partial charge in [0.1, 0.15) is 0 Å². The first-order valence-corrected chi connectivity index (χ1v) is 7.53. The summed E-state index contributed by atoms with van der Waals surface area (Å²) in [5.41, 5.74) is 2.31. The average Bonchev–Trinajstić information content (AvgIpc) is 3.01. The molecule has 0 saturated carbocycles. The molecule has 0 radical (unpaired) electrons. The third-order valence-corrected chi connectivity index (χ3v) is 3.43. The lowest BCUT2D eigenvalue weighted by atomic mass is 10.1. The molecule has 2 aromatic rings. The van der Waals surface area contributed by atoms with Crippen LogP contribution in [0.2, 0.25) is 0 Å². The molecule has 5 heteroatoms. The highest BCUT2D eigenvalue weighted by Gasteiger charge is 2.14. The third kappa shape index (κ3) is 3.81. The van der Waals surface area contributed by atoms with Gasteiger partial charge in [-0.1, -0.05) is 12.1 Å². The first-order chi connectivity index (χ1) is 11.1. The molecule has 0 spiro atoms. The van der Waals surface area contributed by atoms with Crippen LogP contribution in [-0.4, -0.2) is 18.8 Å². The van der Waals surface area contributed by atoms with E-state index >= 15 is 0 Å². The number of nitrogens with one attached hydrogen (secondary N) is 1. The van der Waals surface area contributed by atoms with E-state index < -0.39 is 0 Å². The number of carbonyl (C=O) groups is 1. The zero-order chi connectivity index (χ0) is 16.2. The molecule has 0 saturated heterocycles. The Kier molecular flexibility index (Phi) is 4.48. The Morgan fingerprint density at radius 3 is 2.61 bits per heavy atom. The van der Waals surface area contributed by atoms with Crippen molar-refractivity contribution in [3.63, 3.8) is 0 Å². The second-order valence-electron chi connectivity index (χ2n) is 5.58. The Balaban J connectivity index is 1.64. The number of carbonyl (C=O) groups excluding carboxylic acids is 1. The number of hydrogen-bond acceptors (Lipinski definition) is 4. The Morgan fingerprint density at radius 2 is 1.87 bits per heavy atom. The fourth-order valence-electron chi connectivity index (χ4n) is 2.19. The van der Waals surface area contributed by atoms with Crippen molar-refractivity contribution in [2.24, 2.45) is 0 Å². The van der Waals surface area contributed by atoms with Crippen LogP contribution in [0.15, 0.2) is 42.5 Å². The van der Waals surface area contributed by atoms with Crippen molar-refractivity contribution in [3.05, 3.63) is 53.6 Å². The van der Waals surface area contributed by atoms with Gasteiger partial charge in [-0.05, 0) is 43.7 Å². The van der Waals surface area contributed by atoms with Crippen molar-refractivity contribution in [3.8, 4) is 11.5 Å². The lowest BCUT2D eigenvalue weighted by Crippen LogP contribution is -2.12. The van der Waals surface area contributed by atoms with Crippen molar-refractivity contribution in [2.75, 3.05) is 12.1 Å². The van der Waals surface area contributed by atoms with Gasteiger partial charge in [-0.2, -0.15) is 0 Å². The second kappa shape index (κ2) is 6.71. The van der Waals surface area contributed by atoms with Crippen LogP contribution in [-0.2, 0) is 11.3 Å². The molecular weight excluding hydrogens is 294 g/mol. The van der Waals surface area contributed by atoms with Gasteiger partial charge in [0.2, 0.25) is 6.79 Å². The molecular formula is C18H19NO4. The minimum Gasteiger partial charge on any atom is -0.454 e. The predicted octanol–water partition coefficient (Wildman–Crippen LogP) is 3.59. The highest BCUT2D eigenvalue weighted by molar-refractivity contribution is 6.04. The summed E-state index contributed by atoms with van der Waals surface area (Å²) in [6.45, 7) is 4.74. The summed E-state index contributed by atoms with van der Waals surface area (Å²) in [5.74, 6) is 1.17. The Labute approximate surface area is 135 Å². The van der Waals surface area contributed by atoms with E-state index in [0.29, 0.717) is 29.4 Å². The number of amides is 1. The van der Waals surface area contributed by atoms with Gasteiger partial charge in [0.25, 0.3) is 5.91 Å². The zero-order valence-corrected chi connectivity index (χ0v) is 13.2. The van der Waals surface area contributed by atoms with E-state index in [4.69, 9.17) is 14.2 Å². The van der Waals surface area contributed by atoms with E-state index in [9.17, 15) is 4.79 Å². The van der Waals surface area contributed by atoms with E-state index in [2.05, 4.69) is 5.32 Å². The number of anilines is 1. The van der Waals surface area contributed by atoms with Gasteiger partial charge >= 0.3 is 0 Å². The number of benzene rings is 2. The molecule has 120 valence electrons. The molecule has 0 bridgehead atoms. The second-order valence-corrected chi connectivity index (χ2v) is 5.58. The van der Waals surface area contributed by atoms with Gasteiger partial charge in [0.05, 0.1) is 12.7 Å². The van der Waals surface area contributed by atoms with Gasteiger partial charge in [-0.3, -0.25) is 4.79 Å². The molecule has 1 heterocycles. The minimum absolute atomic E-state index is 0.166. The van der Waals surface area contributed by atoms with Crippen LogP contribution < -0.4 is 14.8 Å². The summed E-state index contributed by atoms with van der Waals surface area (Å²) in [6.07, 6.45) is 0.184. The number of fused-ring (bicyclic) bond motifs is 1. The summed E-state index contributed by atoms with van der Waals surface area (Å²) < 4.78 is 16.1. The van der Waals surface area contributed by atoms with E-state index in [0.717, 1.165) is 5.56 Å². The van der Waals surface area contributed by atoms with Crippen LogP contribution in [0.3, 0.4) is 0 Å². The average molecular weight is 313 g/mol. The van der Waals surface area contributed by atoms with E-state index in [-0.39, 0.29) is 18.8 Å². The molecule has 1 aliphatic rings. The molecule has 0 aromatic heterocycles. The highest BCUT2D eigenvalue weighted by atomic mass is 16.7. The molecule has 2 aromatic carbocycles. The SMILES string of the molecule is CC(C)OCc1ccc(C(=O)Nc2ccc3c(c2)OCO3)cc1. The van der Waals surface area contributed by atoms with Crippen molar-refractivity contribution in [1.29, 1.82) is 0 Å². The molecule has 0 fully saturated rings. The van der Waals surface area contributed by atoms with Crippen LogP contribution in [0.5, 0.6) is 11.5 Å². The maximum Gasteiger partial charge on any atom is 0.255 e. The summed E-state index contributed by atoms with van der Waals surface area (Å²) in [6, 6.07) is 12.7. The van der Waals surface area contributed by atoms with Crippen LogP contribution >= 0.6 is 0 Å². The Morgan fingerprint density at radius 1 is 1.13 bits per heavy atom. The molecule has 3 rings (SSSR count). The Hall–Kier alpha value is -2.53. The fraction of sp³-hybridized carbons (Fsp3) is 0.278. The van der Waals surface area contributed by atoms with Crippen LogP contribution in [0, 0.1) is 0 Å². The molecule has 5 nitrogen and oxygen atoms in total. The number of rotatable bonds is 5. The quantitative estimate of drug-likeness (QED) is 0.916. The first kappa shape index (κ1) is 15.4. The van der Waals surface area contributed by atoms with E-state index in [1.807, 2.05) is 26.0 Å². The maximum atomic E-state index is 12.3. The van der Waals surface area contributed by atoms with E-state index in [1.54, 1.807) is 30.3 Å². The van der Waals surface area contributed by atoms with Crippen LogP contribution in [0.1, 0.15) is 29.8 Å². The molecule has 0 aliphatic carbocycles. The molecule has 1 N–H and O–H groups in total. The highest BCUT2D eigenvalue weighted by Crippen LogP contribution is 2.34. The molecule has 0 atom stereocenters. The smallest absolute Gasteiger partial charge is 0.255 e. The minimum atomic E-state index is -0.166. The van der Waals surface area contributed by atoms with Crippen molar-refractivity contribution in [1.82, 2.24) is 0 Å². The monoisotopic (exact) mass is 313 g/mol. The summed E-state index contributed by atoms with van der Waals surface area (Å²) in [4.78, 5) is 12.3. The van der Waals surface area contributed by atoms with Gasteiger partial charge in [-0.15, -0.1) is 0 Å². The predicted molar refractivity (Wildman–Crippen MR) is 86.9 cm³/mol.